The van der Waals surface area contributed by atoms with Gasteiger partial charge in [-0.3, -0.25) is 0 Å². The lowest BCUT2D eigenvalue weighted by molar-refractivity contribution is 1.07. The van der Waals surface area contributed by atoms with Crippen molar-refractivity contribution in [2.45, 2.75) is 0 Å². The molecule has 1 heterocycles. The number of aromatic nitrogens is 3. The number of hydrogen-bond acceptors (Lipinski definition) is 3. The third-order valence-electron chi connectivity index (χ3n) is 9.75. The lowest BCUT2D eigenvalue weighted by atomic mass is 9.79. The van der Waals surface area contributed by atoms with Gasteiger partial charge in [-0.15, -0.1) is 0 Å². The Morgan fingerprint density at radius 1 is 0.204 bits per heavy atom. The highest BCUT2D eigenvalue weighted by atomic mass is 15.0. The minimum Gasteiger partial charge on any atom is -0.208 e. The molecule has 1 aromatic heterocycles. The first-order chi connectivity index (χ1) is 26.8. The molecule has 54 heavy (non-hydrogen) atoms. The standard InChI is InChI=1S/C51H35N3/c1-7-19-36(20-8-1)44-35-45(47(39-23-11-3-12-24-39)48(40-25-13-4-14-26-40)46(44)38-21-9-2-10-22-38)37-31-33-43(34-32-37)51-53-49(41-27-15-5-16-28-41)52-50(54-51)42-29-17-6-18-30-42/h1-35H. The molecule has 0 fully saturated rings. The summed E-state index contributed by atoms with van der Waals surface area (Å²) in [6, 6.07) is 74.4. The van der Waals surface area contributed by atoms with Crippen molar-refractivity contribution in [1.82, 2.24) is 15.0 Å². The average Bonchev–Trinajstić information content (AvgIpc) is 3.27. The molecule has 0 aliphatic rings. The predicted octanol–water partition coefficient (Wildman–Crippen LogP) is 13.2. The van der Waals surface area contributed by atoms with E-state index in [1.165, 1.54) is 27.8 Å². The van der Waals surface area contributed by atoms with Crippen LogP contribution in [0.5, 0.6) is 0 Å². The minimum absolute atomic E-state index is 0.631. The summed E-state index contributed by atoms with van der Waals surface area (Å²) in [6.45, 7) is 0. The van der Waals surface area contributed by atoms with Crippen LogP contribution in [-0.2, 0) is 0 Å². The van der Waals surface area contributed by atoms with Crippen LogP contribution in [0.25, 0.3) is 89.8 Å². The summed E-state index contributed by atoms with van der Waals surface area (Å²) in [5.74, 6) is 1.92. The molecule has 8 aromatic carbocycles. The Hall–Kier alpha value is -7.23. The zero-order valence-electron chi connectivity index (χ0n) is 29.5. The lowest BCUT2D eigenvalue weighted by Crippen LogP contribution is -2.00. The molecule has 3 nitrogen and oxygen atoms in total. The van der Waals surface area contributed by atoms with Gasteiger partial charge in [0.05, 0.1) is 0 Å². The molecular formula is C51H35N3. The molecule has 9 aromatic rings. The second kappa shape index (κ2) is 14.8. The molecule has 0 radical (unpaired) electrons. The van der Waals surface area contributed by atoms with Crippen molar-refractivity contribution in [2.75, 3.05) is 0 Å². The third kappa shape index (κ3) is 6.51. The molecule has 0 saturated heterocycles. The fourth-order valence-corrected chi connectivity index (χ4v) is 7.20. The van der Waals surface area contributed by atoms with Crippen LogP contribution in [0, 0.1) is 0 Å². The van der Waals surface area contributed by atoms with E-state index in [0.717, 1.165) is 44.5 Å². The molecule has 0 bridgehead atoms. The number of benzene rings is 8. The molecule has 9 rings (SSSR count). The molecule has 0 amide bonds. The summed E-state index contributed by atoms with van der Waals surface area (Å²) >= 11 is 0. The van der Waals surface area contributed by atoms with E-state index in [4.69, 9.17) is 15.0 Å². The van der Waals surface area contributed by atoms with Crippen molar-refractivity contribution < 1.29 is 0 Å². The molecule has 254 valence electrons. The summed E-state index contributed by atoms with van der Waals surface area (Å²) in [7, 11) is 0. The Morgan fingerprint density at radius 2 is 0.444 bits per heavy atom. The molecule has 0 aliphatic carbocycles. The highest BCUT2D eigenvalue weighted by Crippen LogP contribution is 2.50. The van der Waals surface area contributed by atoms with Gasteiger partial charge in [-0.25, -0.2) is 15.0 Å². The molecule has 0 N–H and O–H groups in total. The van der Waals surface area contributed by atoms with Crippen LogP contribution in [0.3, 0.4) is 0 Å². The Bertz CT molecular complexity index is 2590. The van der Waals surface area contributed by atoms with Gasteiger partial charge in [-0.1, -0.05) is 206 Å². The van der Waals surface area contributed by atoms with Gasteiger partial charge in [0.2, 0.25) is 0 Å². The van der Waals surface area contributed by atoms with E-state index in [1.807, 2.05) is 60.7 Å². The molecule has 0 spiro atoms. The fourth-order valence-electron chi connectivity index (χ4n) is 7.20. The van der Waals surface area contributed by atoms with Gasteiger partial charge in [0.25, 0.3) is 0 Å². The van der Waals surface area contributed by atoms with Crippen LogP contribution in [0.2, 0.25) is 0 Å². The van der Waals surface area contributed by atoms with Gasteiger partial charge in [-0.05, 0) is 61.7 Å². The van der Waals surface area contributed by atoms with E-state index in [-0.39, 0.29) is 0 Å². The van der Waals surface area contributed by atoms with E-state index in [0.29, 0.717) is 17.5 Å². The van der Waals surface area contributed by atoms with E-state index in [1.54, 1.807) is 0 Å². The Kier molecular flexibility index (Phi) is 8.94. The summed E-state index contributed by atoms with van der Waals surface area (Å²) in [5.41, 5.74) is 14.5. The van der Waals surface area contributed by atoms with Gasteiger partial charge in [-0.2, -0.15) is 0 Å². The van der Waals surface area contributed by atoms with Gasteiger partial charge in [0.15, 0.2) is 17.5 Å². The zero-order valence-corrected chi connectivity index (χ0v) is 29.5. The number of nitrogens with zero attached hydrogens (tertiary/aromatic N) is 3. The van der Waals surface area contributed by atoms with Crippen LogP contribution in [0.4, 0.5) is 0 Å². The maximum atomic E-state index is 5.00. The quantitative estimate of drug-likeness (QED) is 0.159. The first-order valence-electron chi connectivity index (χ1n) is 18.2. The summed E-state index contributed by atoms with van der Waals surface area (Å²) in [5, 5.41) is 0. The van der Waals surface area contributed by atoms with E-state index < -0.39 is 0 Å². The smallest absolute Gasteiger partial charge is 0.164 e. The van der Waals surface area contributed by atoms with Crippen molar-refractivity contribution in [2.24, 2.45) is 0 Å². The molecule has 0 atom stereocenters. The number of hydrogen-bond donors (Lipinski definition) is 0. The third-order valence-corrected chi connectivity index (χ3v) is 9.75. The maximum Gasteiger partial charge on any atom is 0.164 e. The van der Waals surface area contributed by atoms with Gasteiger partial charge in [0.1, 0.15) is 0 Å². The van der Waals surface area contributed by atoms with Crippen LogP contribution in [0.15, 0.2) is 212 Å². The van der Waals surface area contributed by atoms with Gasteiger partial charge >= 0.3 is 0 Å². The largest absolute Gasteiger partial charge is 0.208 e. The van der Waals surface area contributed by atoms with Gasteiger partial charge < -0.3 is 0 Å². The Morgan fingerprint density at radius 3 is 0.796 bits per heavy atom. The van der Waals surface area contributed by atoms with E-state index in [2.05, 4.69) is 152 Å². The highest BCUT2D eigenvalue weighted by Gasteiger charge is 2.24. The SMILES string of the molecule is c1ccc(-c2nc(-c3ccccc3)nc(-c3ccc(-c4cc(-c5ccccc5)c(-c5ccccc5)c(-c5ccccc5)c4-c4ccccc4)cc3)n2)cc1. The normalized spacial score (nSPS) is 11.0. The van der Waals surface area contributed by atoms with E-state index >= 15 is 0 Å². The summed E-state index contributed by atoms with van der Waals surface area (Å²) < 4.78 is 0. The van der Waals surface area contributed by atoms with Crippen molar-refractivity contribution in [1.29, 1.82) is 0 Å². The highest BCUT2D eigenvalue weighted by molar-refractivity contribution is 6.07. The summed E-state index contributed by atoms with van der Waals surface area (Å²) in [4.78, 5) is 14.9. The van der Waals surface area contributed by atoms with Crippen LogP contribution in [0.1, 0.15) is 0 Å². The molecule has 3 heteroatoms. The van der Waals surface area contributed by atoms with Crippen molar-refractivity contribution >= 4 is 0 Å². The fraction of sp³-hybridized carbons (Fsp3) is 0. The zero-order chi connectivity index (χ0) is 36.1. The molecule has 0 aliphatic heterocycles. The topological polar surface area (TPSA) is 38.7 Å². The second-order valence-corrected chi connectivity index (χ2v) is 13.2. The second-order valence-electron chi connectivity index (χ2n) is 13.2. The van der Waals surface area contributed by atoms with Crippen LogP contribution in [-0.4, -0.2) is 15.0 Å². The average molecular weight is 690 g/mol. The first kappa shape index (κ1) is 32.7. The van der Waals surface area contributed by atoms with Gasteiger partial charge in [0, 0.05) is 16.7 Å². The van der Waals surface area contributed by atoms with Crippen LogP contribution >= 0.6 is 0 Å². The monoisotopic (exact) mass is 689 g/mol. The Balaban J connectivity index is 1.28. The van der Waals surface area contributed by atoms with Crippen molar-refractivity contribution in [3.8, 4) is 89.8 Å². The number of rotatable bonds is 8. The molecular weight excluding hydrogens is 655 g/mol. The first-order valence-corrected chi connectivity index (χ1v) is 18.2. The minimum atomic E-state index is 0.631. The van der Waals surface area contributed by atoms with Crippen LogP contribution < -0.4 is 0 Å². The summed E-state index contributed by atoms with van der Waals surface area (Å²) in [6.07, 6.45) is 0. The lowest BCUT2D eigenvalue weighted by Gasteiger charge is -2.24. The Labute approximate surface area is 316 Å². The maximum absolute atomic E-state index is 5.00. The van der Waals surface area contributed by atoms with E-state index in [9.17, 15) is 0 Å². The van der Waals surface area contributed by atoms with Crippen molar-refractivity contribution in [3.05, 3.63) is 212 Å². The predicted molar refractivity (Wildman–Crippen MR) is 223 cm³/mol. The molecule has 0 unspecified atom stereocenters. The van der Waals surface area contributed by atoms with Crippen molar-refractivity contribution in [3.63, 3.8) is 0 Å². The molecule has 0 saturated carbocycles.